The number of anilines is 1. The van der Waals surface area contributed by atoms with Crippen molar-refractivity contribution in [2.45, 2.75) is 18.4 Å². The fourth-order valence-electron chi connectivity index (χ4n) is 4.99. The van der Waals surface area contributed by atoms with Gasteiger partial charge in [0.1, 0.15) is 11.4 Å². The van der Waals surface area contributed by atoms with Gasteiger partial charge in [0.25, 0.3) is 5.91 Å². The number of fused-ring (bicyclic) bond motifs is 1. The van der Waals surface area contributed by atoms with Crippen LogP contribution in [0.25, 0.3) is 11.0 Å². The smallest absolute Gasteiger partial charge is 0.253 e. The molecule has 34 heavy (non-hydrogen) atoms. The number of rotatable bonds is 4. The quantitative estimate of drug-likeness (QED) is 0.638. The maximum Gasteiger partial charge on any atom is 0.253 e. The molecule has 0 unspecified atom stereocenters. The van der Waals surface area contributed by atoms with Gasteiger partial charge in [0.15, 0.2) is 11.3 Å². The number of benzene rings is 2. The zero-order valence-electron chi connectivity index (χ0n) is 19.4. The lowest BCUT2D eigenvalue weighted by Gasteiger charge is -2.33. The summed E-state index contributed by atoms with van der Waals surface area (Å²) in [7, 11) is 3.36. The zero-order chi connectivity index (χ0) is 23.9. The van der Waals surface area contributed by atoms with E-state index in [0.717, 1.165) is 24.9 Å². The molecule has 3 heterocycles. The highest BCUT2D eigenvalue weighted by Gasteiger charge is 2.40. The highest BCUT2D eigenvalue weighted by atomic mass is 19.1. The Morgan fingerprint density at radius 1 is 1.12 bits per heavy atom. The number of halogens is 1. The van der Waals surface area contributed by atoms with Gasteiger partial charge in [-0.05, 0) is 49.2 Å². The monoisotopic (exact) mass is 465 g/mol. The third kappa shape index (κ3) is 3.86. The van der Waals surface area contributed by atoms with Gasteiger partial charge in [0.2, 0.25) is 0 Å². The summed E-state index contributed by atoms with van der Waals surface area (Å²) >= 11 is 0. The van der Waals surface area contributed by atoms with Crippen molar-refractivity contribution >= 4 is 22.8 Å². The van der Waals surface area contributed by atoms with Crippen LogP contribution in [0.15, 0.2) is 51.7 Å². The molecule has 2 saturated heterocycles. The fraction of sp³-hybridized carbons (Fsp3) is 0.385. The Bertz CT molecular complexity index is 1270. The molecule has 1 atom stereocenters. The standard InChI is InChI=1S/C26H28FN3O4/c1-29(2)25(32)17-14-20-22(31)16-23(30-10-12-33-13-11-30)34-24(20)21(15-17)26(8-3-9-28-26)18-4-6-19(27)7-5-18/h4-7,14-16,28H,3,8-13H2,1-2H3/t26-/m1/s1. The summed E-state index contributed by atoms with van der Waals surface area (Å²) in [4.78, 5) is 29.8. The van der Waals surface area contributed by atoms with E-state index in [2.05, 4.69) is 5.32 Å². The molecule has 0 saturated carbocycles. The van der Waals surface area contributed by atoms with Crippen LogP contribution in [0.5, 0.6) is 0 Å². The number of hydrogen-bond donors (Lipinski definition) is 1. The van der Waals surface area contributed by atoms with Crippen LogP contribution in [-0.4, -0.2) is 57.8 Å². The van der Waals surface area contributed by atoms with E-state index in [1.165, 1.54) is 23.1 Å². The van der Waals surface area contributed by atoms with Gasteiger partial charge in [0.05, 0.1) is 24.1 Å². The summed E-state index contributed by atoms with van der Waals surface area (Å²) < 4.78 is 25.6. The molecule has 8 heteroatoms. The van der Waals surface area contributed by atoms with Crippen LogP contribution in [0.1, 0.15) is 34.3 Å². The van der Waals surface area contributed by atoms with Crippen molar-refractivity contribution in [1.82, 2.24) is 10.2 Å². The maximum absolute atomic E-state index is 13.8. The number of ether oxygens (including phenoxy) is 1. The Labute approximate surface area is 197 Å². The van der Waals surface area contributed by atoms with Crippen molar-refractivity contribution in [2.75, 3.05) is 51.8 Å². The lowest BCUT2D eigenvalue weighted by Crippen LogP contribution is -2.39. The number of carbonyl (C=O) groups is 1. The molecule has 2 aromatic carbocycles. The summed E-state index contributed by atoms with van der Waals surface area (Å²) in [5, 5.41) is 3.94. The number of carbonyl (C=O) groups excluding carboxylic acids is 1. The second-order valence-corrected chi connectivity index (χ2v) is 9.09. The van der Waals surface area contributed by atoms with E-state index in [-0.39, 0.29) is 17.2 Å². The molecule has 2 aliphatic heterocycles. The van der Waals surface area contributed by atoms with Gasteiger partial charge in [-0.3, -0.25) is 9.59 Å². The number of hydrogen-bond acceptors (Lipinski definition) is 6. The average Bonchev–Trinajstić information content (AvgIpc) is 3.35. The molecule has 0 bridgehead atoms. The zero-order valence-corrected chi connectivity index (χ0v) is 19.4. The van der Waals surface area contributed by atoms with E-state index >= 15 is 0 Å². The first kappa shape index (κ1) is 22.6. The third-order valence-electron chi connectivity index (χ3n) is 6.74. The van der Waals surface area contributed by atoms with Crippen molar-refractivity contribution in [3.63, 3.8) is 0 Å². The van der Waals surface area contributed by atoms with Crippen LogP contribution in [0, 0.1) is 5.82 Å². The molecule has 2 fully saturated rings. The topological polar surface area (TPSA) is 75.0 Å². The van der Waals surface area contributed by atoms with Crippen LogP contribution >= 0.6 is 0 Å². The minimum atomic E-state index is -0.714. The molecule has 178 valence electrons. The molecule has 3 aromatic rings. The highest BCUT2D eigenvalue weighted by molar-refractivity contribution is 5.99. The van der Waals surface area contributed by atoms with Gasteiger partial charge < -0.3 is 24.3 Å². The Hall–Kier alpha value is -3.23. The van der Waals surface area contributed by atoms with Crippen LogP contribution < -0.4 is 15.6 Å². The first-order valence-corrected chi connectivity index (χ1v) is 11.6. The minimum absolute atomic E-state index is 0.202. The summed E-state index contributed by atoms with van der Waals surface area (Å²) in [6, 6.07) is 11.3. The Balaban J connectivity index is 1.79. The maximum atomic E-state index is 13.8. The third-order valence-corrected chi connectivity index (χ3v) is 6.74. The van der Waals surface area contributed by atoms with Crippen molar-refractivity contribution in [2.24, 2.45) is 0 Å². The van der Waals surface area contributed by atoms with E-state index in [0.29, 0.717) is 54.3 Å². The van der Waals surface area contributed by atoms with E-state index < -0.39 is 5.54 Å². The fourth-order valence-corrected chi connectivity index (χ4v) is 4.99. The molecule has 2 aliphatic rings. The molecule has 0 spiro atoms. The van der Waals surface area contributed by atoms with E-state index in [4.69, 9.17) is 9.15 Å². The van der Waals surface area contributed by atoms with Gasteiger partial charge in [-0.25, -0.2) is 4.39 Å². The van der Waals surface area contributed by atoms with Crippen LogP contribution in [0.3, 0.4) is 0 Å². The van der Waals surface area contributed by atoms with Crippen molar-refractivity contribution in [1.29, 1.82) is 0 Å². The normalized spacial score (nSPS) is 20.6. The van der Waals surface area contributed by atoms with Gasteiger partial charge in [0, 0.05) is 44.4 Å². The predicted molar refractivity (Wildman–Crippen MR) is 128 cm³/mol. The Kier molecular flexibility index (Phi) is 5.87. The van der Waals surface area contributed by atoms with Crippen molar-refractivity contribution in [3.8, 4) is 0 Å². The number of nitrogens with one attached hydrogen (secondary N) is 1. The average molecular weight is 466 g/mol. The van der Waals surface area contributed by atoms with E-state index in [1.54, 1.807) is 32.3 Å². The first-order valence-electron chi connectivity index (χ1n) is 11.6. The summed E-state index contributed by atoms with van der Waals surface area (Å²) in [5.41, 5.74) is 1.52. The van der Waals surface area contributed by atoms with E-state index in [1.807, 2.05) is 11.0 Å². The molecule has 0 aliphatic carbocycles. The van der Waals surface area contributed by atoms with Gasteiger partial charge in [-0.2, -0.15) is 0 Å². The van der Waals surface area contributed by atoms with E-state index in [9.17, 15) is 14.0 Å². The number of morpholine rings is 1. The minimum Gasteiger partial charge on any atom is -0.440 e. The summed E-state index contributed by atoms with van der Waals surface area (Å²) in [5.74, 6) is -0.0347. The molecule has 0 radical (unpaired) electrons. The Morgan fingerprint density at radius 3 is 2.50 bits per heavy atom. The van der Waals surface area contributed by atoms with Gasteiger partial charge >= 0.3 is 0 Å². The summed E-state index contributed by atoms with van der Waals surface area (Å²) in [6.07, 6.45) is 1.61. The van der Waals surface area contributed by atoms with Gasteiger partial charge in [-0.15, -0.1) is 0 Å². The van der Waals surface area contributed by atoms with Gasteiger partial charge in [-0.1, -0.05) is 12.1 Å². The summed E-state index contributed by atoms with van der Waals surface area (Å²) in [6.45, 7) is 3.13. The second kappa shape index (κ2) is 8.85. The predicted octanol–water partition coefficient (Wildman–Crippen LogP) is 3.10. The number of nitrogens with zero attached hydrogens (tertiary/aromatic N) is 2. The first-order chi connectivity index (χ1) is 16.4. The molecule has 7 nitrogen and oxygen atoms in total. The molecule has 1 N–H and O–H groups in total. The lowest BCUT2D eigenvalue weighted by atomic mass is 9.80. The molecular formula is C26H28FN3O4. The molecule has 1 aromatic heterocycles. The lowest BCUT2D eigenvalue weighted by molar-refractivity contribution is 0.0827. The molecular weight excluding hydrogens is 437 g/mol. The van der Waals surface area contributed by atoms with Crippen LogP contribution in [-0.2, 0) is 10.3 Å². The SMILES string of the molecule is CN(C)C(=O)c1cc([C@]2(c3ccc(F)cc3)CCCN2)c2oc(N3CCOCC3)cc(=O)c2c1. The number of amides is 1. The second-order valence-electron chi connectivity index (χ2n) is 9.09. The Morgan fingerprint density at radius 2 is 1.85 bits per heavy atom. The van der Waals surface area contributed by atoms with Crippen molar-refractivity contribution in [3.05, 3.63) is 75.2 Å². The largest absolute Gasteiger partial charge is 0.440 e. The van der Waals surface area contributed by atoms with Crippen LogP contribution in [0.2, 0.25) is 0 Å². The molecule has 5 rings (SSSR count). The van der Waals surface area contributed by atoms with Crippen molar-refractivity contribution < 1.29 is 18.3 Å². The highest BCUT2D eigenvalue weighted by Crippen LogP contribution is 2.42. The van der Waals surface area contributed by atoms with Crippen LogP contribution in [0.4, 0.5) is 10.3 Å². The molecule has 1 amide bonds.